The van der Waals surface area contributed by atoms with Crippen molar-refractivity contribution >= 4 is 11.9 Å². The van der Waals surface area contributed by atoms with Gasteiger partial charge in [0.05, 0.1) is 0 Å². The van der Waals surface area contributed by atoms with Gasteiger partial charge in [-0.3, -0.25) is 0 Å². The minimum Gasteiger partial charge on any atom is -0.857 e. The van der Waals surface area contributed by atoms with E-state index in [9.17, 15) is 9.59 Å². The predicted octanol–water partition coefficient (Wildman–Crippen LogP) is 4.38. The summed E-state index contributed by atoms with van der Waals surface area (Å²) in [7, 11) is 0.750. The molecule has 0 radical (unpaired) electrons. The van der Waals surface area contributed by atoms with Gasteiger partial charge in [0.2, 0.25) is 0 Å². The van der Waals surface area contributed by atoms with Gasteiger partial charge in [-0.15, -0.1) is 16.7 Å². The van der Waals surface area contributed by atoms with Crippen LogP contribution in [0.2, 0.25) is 0 Å². The molecule has 0 bridgehead atoms. The SMILES string of the molecule is C=C(C)C(=O)O.C=C(C)C(=O)O.CC1=C2[CH-]CCCC2=C2CCCC=C12.C[O-].[Ti+2]. The van der Waals surface area contributed by atoms with E-state index in [1.165, 1.54) is 52.4 Å². The molecule has 0 unspecified atom stereocenters. The van der Waals surface area contributed by atoms with Crippen LogP contribution in [0.3, 0.4) is 0 Å². The molecule has 3 aliphatic rings. The zero-order valence-electron chi connectivity index (χ0n) is 17.9. The molecule has 0 amide bonds. The van der Waals surface area contributed by atoms with Crippen LogP contribution in [0, 0.1) is 6.42 Å². The Bertz CT molecular complexity index is 663. The summed E-state index contributed by atoms with van der Waals surface area (Å²) in [6.45, 7) is 11.5. The number of rotatable bonds is 2. The molecule has 0 aromatic rings. The fourth-order valence-corrected chi connectivity index (χ4v) is 3.10. The Morgan fingerprint density at radius 1 is 1.00 bits per heavy atom. The molecule has 3 aliphatic carbocycles. The molecule has 6 heteroatoms. The largest absolute Gasteiger partial charge is 2.00 e. The van der Waals surface area contributed by atoms with Gasteiger partial charge in [-0.25, -0.2) is 9.59 Å². The Labute approximate surface area is 189 Å². The van der Waals surface area contributed by atoms with E-state index in [1.54, 1.807) is 27.9 Å². The van der Waals surface area contributed by atoms with Crippen LogP contribution in [0.1, 0.15) is 59.3 Å². The first-order valence-electron chi connectivity index (χ1n) is 9.32. The first-order chi connectivity index (χ1) is 13.2. The summed E-state index contributed by atoms with van der Waals surface area (Å²) in [6.07, 6.45) is 12.9. The van der Waals surface area contributed by atoms with E-state index in [0.717, 1.165) is 7.11 Å². The second-order valence-electron chi connectivity index (χ2n) is 6.77. The normalized spacial score (nSPS) is 15.7. The van der Waals surface area contributed by atoms with Gasteiger partial charge in [0.15, 0.2) is 0 Å². The third kappa shape index (κ3) is 9.48. The van der Waals surface area contributed by atoms with Crippen LogP contribution in [0.25, 0.3) is 0 Å². The van der Waals surface area contributed by atoms with E-state index in [4.69, 9.17) is 15.3 Å². The van der Waals surface area contributed by atoms with Gasteiger partial charge >= 0.3 is 33.7 Å². The van der Waals surface area contributed by atoms with Gasteiger partial charge < -0.3 is 15.3 Å². The van der Waals surface area contributed by atoms with Crippen molar-refractivity contribution in [1.82, 2.24) is 0 Å². The number of carbonyl (C=O) groups is 2. The van der Waals surface area contributed by atoms with Gasteiger partial charge in [0.1, 0.15) is 0 Å². The summed E-state index contributed by atoms with van der Waals surface area (Å²) in [5.74, 6) is -1.87. The molecule has 2 N–H and O–H groups in total. The van der Waals surface area contributed by atoms with E-state index in [-0.39, 0.29) is 32.9 Å². The van der Waals surface area contributed by atoms with E-state index in [1.807, 2.05) is 0 Å². The van der Waals surface area contributed by atoms with Gasteiger partial charge in [0.25, 0.3) is 0 Å². The molecule has 3 rings (SSSR count). The third-order valence-corrected chi connectivity index (χ3v) is 4.51. The van der Waals surface area contributed by atoms with Crippen molar-refractivity contribution in [3.05, 3.63) is 64.7 Å². The summed E-state index contributed by atoms with van der Waals surface area (Å²) < 4.78 is 0. The Morgan fingerprint density at radius 2 is 1.45 bits per heavy atom. The number of aliphatic carboxylic acids is 2. The molecule has 29 heavy (non-hydrogen) atoms. The van der Waals surface area contributed by atoms with E-state index < -0.39 is 11.9 Å². The Morgan fingerprint density at radius 3 is 1.90 bits per heavy atom. The summed E-state index contributed by atoms with van der Waals surface area (Å²) in [4.78, 5) is 19.2. The second kappa shape index (κ2) is 15.1. The van der Waals surface area contributed by atoms with Gasteiger partial charge in [-0.2, -0.15) is 19.1 Å². The van der Waals surface area contributed by atoms with Crippen LogP contribution < -0.4 is 5.11 Å². The third-order valence-electron chi connectivity index (χ3n) is 4.51. The molecule has 1 saturated carbocycles. The zero-order chi connectivity index (χ0) is 21.9. The Kier molecular flexibility index (Phi) is 15.3. The number of hydrogen-bond acceptors (Lipinski definition) is 3. The quantitative estimate of drug-likeness (QED) is 0.380. The van der Waals surface area contributed by atoms with Crippen LogP contribution in [-0.4, -0.2) is 29.3 Å². The van der Waals surface area contributed by atoms with Gasteiger partial charge in [-0.05, 0) is 33.1 Å². The molecule has 0 aromatic carbocycles. The molecule has 158 valence electrons. The van der Waals surface area contributed by atoms with Crippen LogP contribution in [0.15, 0.2) is 58.2 Å². The number of allylic oxidation sites excluding steroid dienone is 6. The minimum atomic E-state index is -0.935. The summed E-state index contributed by atoms with van der Waals surface area (Å²) in [6, 6.07) is 0. The maximum absolute atomic E-state index is 9.60. The number of carboxylic acid groups (broad SMARTS) is 2. The van der Waals surface area contributed by atoms with Gasteiger partial charge in [0, 0.05) is 11.1 Å². The second-order valence-corrected chi connectivity index (χ2v) is 6.77. The molecule has 1 fully saturated rings. The van der Waals surface area contributed by atoms with Gasteiger partial charge in [-0.1, -0.05) is 51.0 Å². The summed E-state index contributed by atoms with van der Waals surface area (Å²) in [5, 5.41) is 24.0. The van der Waals surface area contributed by atoms with Crippen LogP contribution in [-0.2, 0) is 31.3 Å². The Balaban J connectivity index is 0. The molecular weight excluding hydrogens is 404 g/mol. The monoisotopic (exact) mass is 436 g/mol. The van der Waals surface area contributed by atoms with Crippen molar-refractivity contribution in [2.75, 3.05) is 7.11 Å². The fourth-order valence-electron chi connectivity index (χ4n) is 3.10. The minimum absolute atomic E-state index is 0. The standard InChI is InChI=1S/C14H17.2C4H6O2.CH3O.Ti/c1-10-11-6-2-4-8-13(11)14-9-5-3-7-12(10)14;2*1-3(2)4(5)6;1-2;/h6-7H,2-5,8-9H2,1H3;2*1H2,2H3,(H,5,6);1H3;/q-1;;;-1;+2. The number of hydrogen-bond donors (Lipinski definition) is 2. The maximum Gasteiger partial charge on any atom is 2.00 e. The van der Waals surface area contributed by atoms with E-state index in [0.29, 0.717) is 0 Å². The number of carboxylic acids is 2. The average molecular weight is 436 g/mol. The first-order valence-corrected chi connectivity index (χ1v) is 9.32. The molecule has 0 heterocycles. The van der Waals surface area contributed by atoms with Crippen molar-refractivity contribution in [1.29, 1.82) is 0 Å². The average Bonchev–Trinajstić information content (AvgIpc) is 2.97. The van der Waals surface area contributed by atoms with Crippen molar-refractivity contribution < 1.29 is 46.6 Å². The van der Waals surface area contributed by atoms with Crippen molar-refractivity contribution in [2.24, 2.45) is 0 Å². The molecule has 0 saturated heterocycles. The molecule has 0 atom stereocenters. The van der Waals surface area contributed by atoms with Crippen LogP contribution >= 0.6 is 0 Å². The molecule has 0 spiro atoms. The predicted molar refractivity (Wildman–Crippen MR) is 111 cm³/mol. The van der Waals surface area contributed by atoms with Crippen molar-refractivity contribution in [2.45, 2.75) is 59.3 Å². The summed E-state index contributed by atoms with van der Waals surface area (Å²) >= 11 is 0. The smallest absolute Gasteiger partial charge is 0.857 e. The molecule has 0 aliphatic heterocycles. The molecular formula is C23H32O5Ti. The van der Waals surface area contributed by atoms with Crippen LogP contribution in [0.5, 0.6) is 0 Å². The van der Waals surface area contributed by atoms with Crippen molar-refractivity contribution in [3.63, 3.8) is 0 Å². The first kappa shape index (κ1) is 29.4. The van der Waals surface area contributed by atoms with Crippen molar-refractivity contribution in [3.8, 4) is 0 Å². The zero-order valence-corrected chi connectivity index (χ0v) is 19.5. The number of fused-ring (bicyclic) bond motifs is 2. The van der Waals surface area contributed by atoms with Crippen LogP contribution in [0.4, 0.5) is 0 Å². The Hall–Kier alpha value is -1.82. The van der Waals surface area contributed by atoms with E-state index in [2.05, 4.69) is 32.6 Å². The summed E-state index contributed by atoms with van der Waals surface area (Å²) in [5.41, 5.74) is 8.50. The fraction of sp³-hybridized carbons (Fsp3) is 0.435. The van der Waals surface area contributed by atoms with E-state index >= 15 is 0 Å². The molecule has 5 nitrogen and oxygen atoms in total. The maximum atomic E-state index is 9.60. The molecule has 0 aromatic heterocycles. The topological polar surface area (TPSA) is 97.7 Å².